The van der Waals surface area contributed by atoms with Gasteiger partial charge in [-0.2, -0.15) is 0 Å². The van der Waals surface area contributed by atoms with E-state index in [1.165, 1.54) is 51.4 Å². The van der Waals surface area contributed by atoms with Crippen LogP contribution in [0, 0.1) is 5.92 Å². The number of rotatable bonds is 21. The van der Waals surface area contributed by atoms with Crippen LogP contribution in [0.2, 0.25) is 0 Å². The highest BCUT2D eigenvalue weighted by Crippen LogP contribution is 2.23. The second-order valence-corrected chi connectivity index (χ2v) is 11.0. The Morgan fingerprint density at radius 3 is 1.87 bits per heavy atom. The summed E-state index contributed by atoms with van der Waals surface area (Å²) >= 11 is 0. The van der Waals surface area contributed by atoms with Crippen molar-refractivity contribution in [2.75, 3.05) is 13.2 Å². The van der Waals surface area contributed by atoms with Gasteiger partial charge < -0.3 is 45.4 Å². The normalized spacial score (nSPS) is 26.3. The van der Waals surface area contributed by atoms with E-state index in [0.29, 0.717) is 6.42 Å². The van der Waals surface area contributed by atoms with Gasteiger partial charge in [0.2, 0.25) is 5.91 Å². The molecule has 0 aliphatic carbocycles. The molecule has 0 saturated carbocycles. The summed E-state index contributed by atoms with van der Waals surface area (Å²) in [7, 11) is 0. The Labute approximate surface area is 228 Å². The van der Waals surface area contributed by atoms with Gasteiger partial charge in [0.1, 0.15) is 30.5 Å². The topological polar surface area (TPSA) is 169 Å². The molecule has 1 amide bonds. The number of nitrogens with one attached hydrogen (secondary N) is 1. The maximum Gasteiger partial charge on any atom is 0.222 e. The Balaban J connectivity index is 2.45. The van der Waals surface area contributed by atoms with E-state index in [1.54, 1.807) is 13.8 Å². The number of unbranched alkanes of at least 4 members (excludes halogenated alkanes) is 11. The molecule has 1 heterocycles. The lowest BCUT2D eigenvalue weighted by Gasteiger charge is -2.40. The highest BCUT2D eigenvalue weighted by atomic mass is 16.7. The summed E-state index contributed by atoms with van der Waals surface area (Å²) in [4.78, 5) is 12.3. The van der Waals surface area contributed by atoms with E-state index < -0.39 is 55.6 Å². The molecule has 1 aliphatic rings. The molecule has 1 rings (SSSR count). The maximum atomic E-state index is 12.3. The number of aliphatic hydroxyl groups excluding tert-OH is 6. The van der Waals surface area contributed by atoms with E-state index in [0.717, 1.165) is 25.7 Å². The van der Waals surface area contributed by atoms with Crippen molar-refractivity contribution in [3.63, 3.8) is 0 Å². The van der Waals surface area contributed by atoms with Gasteiger partial charge in [-0.15, -0.1) is 0 Å². The van der Waals surface area contributed by atoms with Crippen molar-refractivity contribution in [3.05, 3.63) is 0 Å². The largest absolute Gasteiger partial charge is 0.394 e. The first-order valence-electron chi connectivity index (χ1n) is 14.7. The van der Waals surface area contributed by atoms with E-state index in [1.807, 2.05) is 0 Å². The summed E-state index contributed by atoms with van der Waals surface area (Å²) in [6.07, 6.45) is 5.00. The van der Waals surface area contributed by atoms with E-state index in [2.05, 4.69) is 12.2 Å². The number of carbonyl (C=O) groups excluding carboxylic acids is 1. The van der Waals surface area contributed by atoms with Crippen LogP contribution in [0.3, 0.4) is 0 Å². The van der Waals surface area contributed by atoms with Crippen LogP contribution >= 0.6 is 0 Å². The second kappa shape index (κ2) is 20.1. The zero-order valence-electron chi connectivity index (χ0n) is 23.7. The molecule has 10 nitrogen and oxygen atoms in total. The Hall–Kier alpha value is -0.850. The third kappa shape index (κ3) is 13.0. The van der Waals surface area contributed by atoms with Crippen molar-refractivity contribution in [1.82, 2.24) is 5.32 Å². The summed E-state index contributed by atoms with van der Waals surface area (Å²) in [5.74, 6) is -0.713. The lowest BCUT2D eigenvalue weighted by molar-refractivity contribution is -0.303. The van der Waals surface area contributed by atoms with Gasteiger partial charge in [-0.05, 0) is 6.42 Å². The molecule has 0 radical (unpaired) electrons. The van der Waals surface area contributed by atoms with Crippen LogP contribution in [-0.4, -0.2) is 98.7 Å². The standard InChI is InChI=1S/C28H55NO9/c1-4-5-6-7-8-9-10-11-12-13-14-15-16-21(31)23(32)20(29-27(36)19(2)3)18-37-28-26(35)25(34)24(33)22(17-30)38-28/h19-26,28,30-35H,4-18H2,1-3H3,(H,29,36)/t20-,21+,22?,23-,24-,25-,26?,28-/m0/s1. The fourth-order valence-electron chi connectivity index (χ4n) is 4.61. The molecule has 0 bridgehead atoms. The lowest BCUT2D eigenvalue weighted by atomic mass is 9.98. The molecule has 1 saturated heterocycles. The SMILES string of the molecule is CCCCCCCCCCCCCC[C@@H](O)[C@@H](O)[C@H](CO[C@H]1OC(CO)[C@H](O)[C@H](O)C1O)NC(=O)C(C)C. The maximum absolute atomic E-state index is 12.3. The van der Waals surface area contributed by atoms with Crippen molar-refractivity contribution in [3.8, 4) is 0 Å². The second-order valence-electron chi connectivity index (χ2n) is 11.0. The van der Waals surface area contributed by atoms with Gasteiger partial charge in [0.15, 0.2) is 6.29 Å². The predicted molar refractivity (Wildman–Crippen MR) is 144 cm³/mol. The van der Waals surface area contributed by atoms with Gasteiger partial charge >= 0.3 is 0 Å². The highest BCUT2D eigenvalue weighted by molar-refractivity contribution is 5.78. The Morgan fingerprint density at radius 2 is 1.37 bits per heavy atom. The molecule has 0 aromatic rings. The zero-order chi connectivity index (χ0) is 28.5. The Bertz CT molecular complexity index is 607. The monoisotopic (exact) mass is 549 g/mol. The Kier molecular flexibility index (Phi) is 18.6. The first-order valence-corrected chi connectivity index (χ1v) is 14.7. The average molecular weight is 550 g/mol. The van der Waals surface area contributed by atoms with Gasteiger partial charge in [-0.3, -0.25) is 4.79 Å². The molecule has 0 aromatic heterocycles. The fourth-order valence-corrected chi connectivity index (χ4v) is 4.61. The minimum atomic E-state index is -1.60. The molecular weight excluding hydrogens is 494 g/mol. The molecule has 226 valence electrons. The van der Waals surface area contributed by atoms with E-state index in [4.69, 9.17) is 9.47 Å². The van der Waals surface area contributed by atoms with Crippen molar-refractivity contribution in [1.29, 1.82) is 0 Å². The smallest absolute Gasteiger partial charge is 0.222 e. The number of carbonyl (C=O) groups is 1. The number of amides is 1. The van der Waals surface area contributed by atoms with Crippen molar-refractivity contribution in [2.45, 2.75) is 153 Å². The third-order valence-corrected chi connectivity index (χ3v) is 7.30. The molecule has 1 aliphatic heterocycles. The van der Waals surface area contributed by atoms with Gasteiger partial charge in [0.25, 0.3) is 0 Å². The van der Waals surface area contributed by atoms with Gasteiger partial charge in [-0.1, -0.05) is 97.8 Å². The van der Waals surface area contributed by atoms with Crippen LogP contribution in [0.25, 0.3) is 0 Å². The molecule has 7 N–H and O–H groups in total. The molecule has 2 unspecified atom stereocenters. The summed E-state index contributed by atoms with van der Waals surface area (Å²) < 4.78 is 10.9. The van der Waals surface area contributed by atoms with Crippen molar-refractivity contribution < 1.29 is 44.9 Å². The first-order chi connectivity index (χ1) is 18.1. The predicted octanol–water partition coefficient (Wildman–Crippen LogP) is 1.76. The van der Waals surface area contributed by atoms with Crippen molar-refractivity contribution in [2.24, 2.45) is 5.92 Å². The van der Waals surface area contributed by atoms with Gasteiger partial charge in [-0.25, -0.2) is 0 Å². The minimum Gasteiger partial charge on any atom is -0.394 e. The zero-order valence-corrected chi connectivity index (χ0v) is 23.7. The van der Waals surface area contributed by atoms with E-state index in [9.17, 15) is 35.4 Å². The summed E-state index contributed by atoms with van der Waals surface area (Å²) in [5.41, 5.74) is 0. The quantitative estimate of drug-likeness (QED) is 0.105. The number of ether oxygens (including phenoxy) is 2. The molecule has 38 heavy (non-hydrogen) atoms. The molecule has 8 atom stereocenters. The minimum absolute atomic E-state index is 0.322. The third-order valence-electron chi connectivity index (χ3n) is 7.30. The average Bonchev–Trinajstić information content (AvgIpc) is 2.90. The van der Waals surface area contributed by atoms with Gasteiger partial charge in [0.05, 0.1) is 25.4 Å². The lowest BCUT2D eigenvalue weighted by Crippen LogP contribution is -2.60. The number of hydrogen-bond acceptors (Lipinski definition) is 9. The van der Waals surface area contributed by atoms with Crippen LogP contribution in [-0.2, 0) is 14.3 Å². The van der Waals surface area contributed by atoms with Crippen LogP contribution in [0.4, 0.5) is 0 Å². The van der Waals surface area contributed by atoms with Crippen LogP contribution < -0.4 is 5.32 Å². The molecule has 0 aromatic carbocycles. The highest BCUT2D eigenvalue weighted by Gasteiger charge is 2.44. The molecule has 10 heteroatoms. The van der Waals surface area contributed by atoms with Crippen LogP contribution in [0.5, 0.6) is 0 Å². The Morgan fingerprint density at radius 1 is 0.842 bits per heavy atom. The molecule has 0 spiro atoms. The number of aliphatic hydroxyl groups is 6. The van der Waals surface area contributed by atoms with Crippen LogP contribution in [0.1, 0.15) is 104 Å². The van der Waals surface area contributed by atoms with Gasteiger partial charge in [0, 0.05) is 5.92 Å². The number of hydrogen-bond donors (Lipinski definition) is 7. The van der Waals surface area contributed by atoms with E-state index in [-0.39, 0.29) is 18.4 Å². The fraction of sp³-hybridized carbons (Fsp3) is 0.964. The molecule has 1 fully saturated rings. The van der Waals surface area contributed by atoms with E-state index >= 15 is 0 Å². The first kappa shape index (κ1) is 35.2. The summed E-state index contributed by atoms with van der Waals surface area (Å²) in [5, 5.41) is 63.5. The van der Waals surface area contributed by atoms with Crippen LogP contribution in [0.15, 0.2) is 0 Å². The summed E-state index contributed by atoms with van der Waals surface area (Å²) in [6.45, 7) is 4.70. The summed E-state index contributed by atoms with van der Waals surface area (Å²) in [6, 6.07) is -0.996. The van der Waals surface area contributed by atoms with Crippen molar-refractivity contribution >= 4 is 5.91 Å². The molecular formula is C28H55NO9.